The van der Waals surface area contributed by atoms with Gasteiger partial charge in [-0.2, -0.15) is 13.2 Å². The van der Waals surface area contributed by atoms with Crippen LogP contribution < -0.4 is 5.32 Å². The van der Waals surface area contributed by atoms with Gasteiger partial charge in [0, 0.05) is 23.9 Å². The lowest BCUT2D eigenvalue weighted by Crippen LogP contribution is -2.41. The Morgan fingerprint density at radius 3 is 2.52 bits per heavy atom. The van der Waals surface area contributed by atoms with Gasteiger partial charge >= 0.3 is 6.18 Å². The molecular weight excluding hydrogens is 311 g/mol. The van der Waals surface area contributed by atoms with Gasteiger partial charge in [0.05, 0.1) is 11.5 Å². The van der Waals surface area contributed by atoms with E-state index in [1.807, 2.05) is 0 Å². The van der Waals surface area contributed by atoms with Crippen LogP contribution in [-0.4, -0.2) is 42.2 Å². The second-order valence-corrected chi connectivity index (χ2v) is 5.97. The van der Waals surface area contributed by atoms with Gasteiger partial charge in [-0.05, 0) is 50.9 Å². The first-order valence-corrected chi connectivity index (χ1v) is 7.52. The third kappa shape index (κ3) is 5.38. The maximum absolute atomic E-state index is 12.3. The number of hydrogen-bond acceptors (Lipinski definition) is 4. The number of benzene rings is 1. The molecule has 1 fully saturated rings. The predicted molar refractivity (Wildman–Crippen MR) is 81.5 cm³/mol. The zero-order chi connectivity index (χ0) is 17.0. The van der Waals surface area contributed by atoms with Gasteiger partial charge in [-0.3, -0.25) is 15.0 Å². The van der Waals surface area contributed by atoms with Crippen molar-refractivity contribution in [1.29, 1.82) is 0 Å². The summed E-state index contributed by atoms with van der Waals surface area (Å²) in [6.45, 7) is 2.40. The molecule has 0 bridgehead atoms. The van der Waals surface area contributed by atoms with E-state index < -0.39 is 17.6 Å². The second-order valence-electron chi connectivity index (χ2n) is 5.97. The number of nitro benzene ring substituents is 1. The number of halogens is 3. The number of anilines is 1. The molecule has 0 radical (unpaired) electrons. The lowest BCUT2D eigenvalue weighted by molar-refractivity contribution is -0.385. The van der Waals surface area contributed by atoms with Gasteiger partial charge in [0.2, 0.25) is 0 Å². The maximum atomic E-state index is 12.3. The van der Waals surface area contributed by atoms with Crippen LogP contribution in [0.2, 0.25) is 0 Å². The van der Waals surface area contributed by atoms with Crippen LogP contribution in [0, 0.1) is 23.0 Å². The molecule has 5 nitrogen and oxygen atoms in total. The molecule has 0 aliphatic carbocycles. The Hall–Kier alpha value is -1.83. The topological polar surface area (TPSA) is 58.4 Å². The highest BCUT2D eigenvalue weighted by Crippen LogP contribution is 2.24. The summed E-state index contributed by atoms with van der Waals surface area (Å²) in [6.07, 6.45) is -2.70. The van der Waals surface area contributed by atoms with Crippen molar-refractivity contribution >= 4 is 11.4 Å². The van der Waals surface area contributed by atoms with Crippen LogP contribution in [-0.2, 0) is 0 Å². The third-order valence-electron chi connectivity index (χ3n) is 4.10. The van der Waals surface area contributed by atoms with E-state index in [0.717, 1.165) is 18.5 Å². The Kier molecular flexibility index (Phi) is 5.46. The van der Waals surface area contributed by atoms with E-state index >= 15 is 0 Å². The summed E-state index contributed by atoms with van der Waals surface area (Å²) in [4.78, 5) is 11.8. The Bertz CT molecular complexity index is 555. The summed E-state index contributed by atoms with van der Waals surface area (Å²) in [5.41, 5.74) is 1.46. The molecule has 1 aliphatic heterocycles. The lowest BCUT2D eigenvalue weighted by atomic mass is 9.96. The monoisotopic (exact) mass is 331 g/mol. The molecule has 0 aromatic heterocycles. The van der Waals surface area contributed by atoms with Crippen molar-refractivity contribution in [2.75, 3.05) is 31.5 Å². The Balaban J connectivity index is 1.79. The van der Waals surface area contributed by atoms with Crippen molar-refractivity contribution in [3.05, 3.63) is 33.9 Å². The number of piperidine rings is 1. The smallest absolute Gasteiger partial charge is 0.385 e. The number of aryl methyl sites for hydroxylation is 1. The second kappa shape index (κ2) is 7.16. The van der Waals surface area contributed by atoms with Crippen molar-refractivity contribution in [2.45, 2.75) is 25.9 Å². The number of nitrogens with zero attached hydrogens (tertiary/aromatic N) is 2. The number of nitro groups is 1. The van der Waals surface area contributed by atoms with E-state index in [1.54, 1.807) is 19.1 Å². The molecule has 8 heteroatoms. The van der Waals surface area contributed by atoms with E-state index in [0.29, 0.717) is 31.1 Å². The molecule has 0 saturated carbocycles. The largest absolute Gasteiger partial charge is 0.401 e. The molecule has 128 valence electrons. The molecule has 1 N–H and O–H groups in total. The molecule has 1 aromatic rings. The minimum Gasteiger partial charge on any atom is -0.385 e. The SMILES string of the molecule is Cc1cc(NCC2CCN(CC(F)(F)F)CC2)ccc1[N+](=O)[O-]. The Morgan fingerprint density at radius 2 is 2.00 bits per heavy atom. The highest BCUT2D eigenvalue weighted by Gasteiger charge is 2.32. The van der Waals surface area contributed by atoms with Crippen molar-refractivity contribution < 1.29 is 18.1 Å². The van der Waals surface area contributed by atoms with E-state index in [-0.39, 0.29) is 5.69 Å². The third-order valence-corrected chi connectivity index (χ3v) is 4.10. The lowest BCUT2D eigenvalue weighted by Gasteiger charge is -2.32. The summed E-state index contributed by atoms with van der Waals surface area (Å²) >= 11 is 0. The summed E-state index contributed by atoms with van der Waals surface area (Å²) < 4.78 is 37.0. The van der Waals surface area contributed by atoms with Crippen molar-refractivity contribution in [2.24, 2.45) is 5.92 Å². The van der Waals surface area contributed by atoms with Gasteiger partial charge in [-0.15, -0.1) is 0 Å². The maximum Gasteiger partial charge on any atom is 0.401 e. The number of likely N-dealkylation sites (tertiary alicyclic amines) is 1. The summed E-state index contributed by atoms with van der Waals surface area (Å²) in [6, 6.07) is 4.84. The predicted octanol–water partition coefficient (Wildman–Crippen LogP) is 3.59. The zero-order valence-electron chi connectivity index (χ0n) is 12.9. The summed E-state index contributed by atoms with van der Waals surface area (Å²) in [5.74, 6) is 0.315. The van der Waals surface area contributed by atoms with Gasteiger partial charge < -0.3 is 5.32 Å². The number of hydrogen-bond donors (Lipinski definition) is 1. The average Bonchev–Trinajstić information content (AvgIpc) is 2.44. The molecule has 2 rings (SSSR count). The molecule has 0 atom stereocenters. The van der Waals surface area contributed by atoms with Crippen LogP contribution in [0.25, 0.3) is 0 Å². The van der Waals surface area contributed by atoms with E-state index in [9.17, 15) is 23.3 Å². The van der Waals surface area contributed by atoms with Crippen LogP contribution in [0.5, 0.6) is 0 Å². The van der Waals surface area contributed by atoms with E-state index in [1.165, 1.54) is 11.0 Å². The van der Waals surface area contributed by atoms with Crippen LogP contribution in [0.3, 0.4) is 0 Å². The highest BCUT2D eigenvalue weighted by atomic mass is 19.4. The minimum absolute atomic E-state index is 0.0796. The normalized spacial score (nSPS) is 17.2. The molecule has 0 amide bonds. The standard InChI is InChI=1S/C15H20F3N3O2/c1-11-8-13(2-3-14(11)21(22)23)19-9-12-4-6-20(7-5-12)10-15(16,17)18/h2-3,8,12,19H,4-7,9-10H2,1H3. The number of rotatable bonds is 5. The van der Waals surface area contributed by atoms with Gasteiger partial charge in [0.15, 0.2) is 0 Å². The van der Waals surface area contributed by atoms with Crippen LogP contribution in [0.4, 0.5) is 24.5 Å². The van der Waals surface area contributed by atoms with Crippen molar-refractivity contribution in [1.82, 2.24) is 4.90 Å². The summed E-state index contributed by atoms with van der Waals surface area (Å²) in [7, 11) is 0. The minimum atomic E-state index is -4.14. The fourth-order valence-electron chi connectivity index (χ4n) is 2.83. The number of alkyl halides is 3. The first-order valence-electron chi connectivity index (χ1n) is 7.52. The van der Waals surface area contributed by atoms with Crippen molar-refractivity contribution in [3.63, 3.8) is 0 Å². The van der Waals surface area contributed by atoms with E-state index in [4.69, 9.17) is 0 Å². The van der Waals surface area contributed by atoms with Crippen molar-refractivity contribution in [3.8, 4) is 0 Å². The molecule has 1 heterocycles. The molecule has 1 aliphatic rings. The van der Waals surface area contributed by atoms with Gasteiger partial charge in [-0.25, -0.2) is 0 Å². The molecule has 23 heavy (non-hydrogen) atoms. The zero-order valence-corrected chi connectivity index (χ0v) is 12.9. The molecule has 0 unspecified atom stereocenters. The average molecular weight is 331 g/mol. The van der Waals surface area contributed by atoms with Gasteiger partial charge in [0.25, 0.3) is 5.69 Å². The number of nitrogens with one attached hydrogen (secondary N) is 1. The van der Waals surface area contributed by atoms with Crippen LogP contribution in [0.1, 0.15) is 18.4 Å². The quantitative estimate of drug-likeness (QED) is 0.662. The Labute approximate surface area is 132 Å². The van der Waals surface area contributed by atoms with Gasteiger partial charge in [0.1, 0.15) is 0 Å². The highest BCUT2D eigenvalue weighted by molar-refractivity contribution is 5.53. The molecule has 1 aromatic carbocycles. The fraction of sp³-hybridized carbons (Fsp3) is 0.600. The van der Waals surface area contributed by atoms with Crippen LogP contribution in [0.15, 0.2) is 18.2 Å². The fourth-order valence-corrected chi connectivity index (χ4v) is 2.83. The summed E-state index contributed by atoms with van der Waals surface area (Å²) in [5, 5.41) is 14.0. The van der Waals surface area contributed by atoms with E-state index in [2.05, 4.69) is 5.32 Å². The molecular formula is C15H20F3N3O2. The first kappa shape index (κ1) is 17.5. The first-order chi connectivity index (χ1) is 10.7. The van der Waals surface area contributed by atoms with Crippen LogP contribution >= 0.6 is 0 Å². The molecule has 0 spiro atoms. The Morgan fingerprint density at radius 1 is 1.35 bits per heavy atom. The van der Waals surface area contributed by atoms with Gasteiger partial charge in [-0.1, -0.05) is 0 Å². The molecule has 1 saturated heterocycles.